The van der Waals surface area contributed by atoms with Gasteiger partial charge < -0.3 is 20.3 Å². The molecule has 2 atom stereocenters. The third-order valence-corrected chi connectivity index (χ3v) is 3.83. The maximum absolute atomic E-state index is 14.0. The second-order valence-electron chi connectivity index (χ2n) is 6.01. The predicted molar refractivity (Wildman–Crippen MR) is 89.9 cm³/mol. The van der Waals surface area contributed by atoms with Gasteiger partial charge in [-0.05, 0) is 34.0 Å². The van der Waals surface area contributed by atoms with Crippen LogP contribution in [0.2, 0.25) is 0 Å². The molecule has 1 aromatic rings. The number of hydrogen-bond acceptors (Lipinski definition) is 4. The number of benzene rings is 1. The highest BCUT2D eigenvalue weighted by atomic mass is 19.1. The zero-order chi connectivity index (χ0) is 18.3. The van der Waals surface area contributed by atoms with Crippen LogP contribution in [0.5, 0.6) is 0 Å². The topological polar surface area (TPSA) is 70.7 Å². The molecule has 0 aliphatic heterocycles. The molecule has 0 aliphatic carbocycles. The standard InChI is InChI=1S/C17H26FN3O3/c1-12(15(22)19-10-11-21(3)4)20-16(23)17(2,24-5)13-8-6-7-9-14(13)18/h6-9,12H,10-11H2,1-5H3,(H,19,22)(H,20,23)/t12-,17+/m1/s1. The number of nitrogens with one attached hydrogen (secondary N) is 2. The van der Waals surface area contributed by atoms with Crippen molar-refractivity contribution in [2.24, 2.45) is 0 Å². The summed E-state index contributed by atoms with van der Waals surface area (Å²) in [7, 11) is 5.12. The molecule has 134 valence electrons. The minimum atomic E-state index is -1.52. The normalized spacial score (nSPS) is 14.8. The van der Waals surface area contributed by atoms with Crippen LogP contribution in [0.1, 0.15) is 19.4 Å². The molecule has 0 aromatic heterocycles. The largest absolute Gasteiger partial charge is 0.364 e. The van der Waals surface area contributed by atoms with E-state index in [1.165, 1.54) is 32.2 Å². The van der Waals surface area contributed by atoms with E-state index in [1.807, 2.05) is 19.0 Å². The summed E-state index contributed by atoms with van der Waals surface area (Å²) in [6, 6.07) is 5.15. The van der Waals surface area contributed by atoms with Crippen LogP contribution < -0.4 is 10.6 Å². The van der Waals surface area contributed by atoms with E-state index in [2.05, 4.69) is 10.6 Å². The van der Waals surface area contributed by atoms with Gasteiger partial charge in [-0.25, -0.2) is 4.39 Å². The summed E-state index contributed by atoms with van der Waals surface area (Å²) in [5.41, 5.74) is -1.41. The van der Waals surface area contributed by atoms with Crippen molar-refractivity contribution in [2.75, 3.05) is 34.3 Å². The van der Waals surface area contributed by atoms with Crippen LogP contribution in [-0.2, 0) is 19.9 Å². The van der Waals surface area contributed by atoms with Crippen LogP contribution in [0.15, 0.2) is 24.3 Å². The van der Waals surface area contributed by atoms with Crippen LogP contribution in [0.25, 0.3) is 0 Å². The van der Waals surface area contributed by atoms with Gasteiger partial charge in [0.15, 0.2) is 5.60 Å². The first-order valence-corrected chi connectivity index (χ1v) is 7.76. The van der Waals surface area contributed by atoms with Gasteiger partial charge in [0.05, 0.1) is 0 Å². The number of amides is 2. The molecular weight excluding hydrogens is 313 g/mol. The minimum absolute atomic E-state index is 0.116. The number of carbonyl (C=O) groups excluding carboxylic acids is 2. The maximum Gasteiger partial charge on any atom is 0.257 e. The smallest absolute Gasteiger partial charge is 0.257 e. The minimum Gasteiger partial charge on any atom is -0.364 e. The lowest BCUT2D eigenvalue weighted by molar-refractivity contribution is -0.145. The number of methoxy groups -OCH3 is 1. The molecule has 0 heterocycles. The SMILES string of the molecule is CO[C@](C)(C(=O)N[C@H](C)C(=O)NCCN(C)C)c1ccccc1F. The number of halogens is 1. The van der Waals surface area contributed by atoms with Crippen molar-refractivity contribution in [3.63, 3.8) is 0 Å². The van der Waals surface area contributed by atoms with Crippen molar-refractivity contribution in [3.8, 4) is 0 Å². The molecule has 0 aliphatic rings. The Kier molecular flexibility index (Phi) is 7.31. The molecule has 0 unspecified atom stereocenters. The van der Waals surface area contributed by atoms with Gasteiger partial charge in [-0.15, -0.1) is 0 Å². The Morgan fingerprint density at radius 3 is 2.50 bits per heavy atom. The van der Waals surface area contributed by atoms with Gasteiger partial charge in [-0.1, -0.05) is 18.2 Å². The van der Waals surface area contributed by atoms with Crippen molar-refractivity contribution in [3.05, 3.63) is 35.6 Å². The van der Waals surface area contributed by atoms with E-state index in [0.717, 1.165) is 0 Å². The molecule has 0 saturated heterocycles. The zero-order valence-electron chi connectivity index (χ0n) is 14.9. The van der Waals surface area contributed by atoms with Crippen LogP contribution in [0.3, 0.4) is 0 Å². The number of rotatable bonds is 8. The molecule has 24 heavy (non-hydrogen) atoms. The van der Waals surface area contributed by atoms with E-state index < -0.39 is 23.4 Å². The highest BCUT2D eigenvalue weighted by Gasteiger charge is 2.38. The van der Waals surface area contributed by atoms with Crippen LogP contribution >= 0.6 is 0 Å². The number of nitrogens with zero attached hydrogens (tertiary/aromatic N) is 1. The number of likely N-dealkylation sites (N-methyl/N-ethyl adjacent to an activating group) is 1. The van der Waals surface area contributed by atoms with Crippen molar-refractivity contribution in [2.45, 2.75) is 25.5 Å². The molecule has 0 bridgehead atoms. The molecule has 7 heteroatoms. The Hall–Kier alpha value is -1.99. The van der Waals surface area contributed by atoms with Crippen LogP contribution in [0.4, 0.5) is 4.39 Å². The molecule has 6 nitrogen and oxygen atoms in total. The predicted octanol–water partition coefficient (Wildman–Crippen LogP) is 0.870. The van der Waals surface area contributed by atoms with Crippen LogP contribution in [-0.4, -0.2) is 57.1 Å². The summed E-state index contributed by atoms with van der Waals surface area (Å²) in [5, 5.41) is 5.31. The first kappa shape index (κ1) is 20.1. The van der Waals surface area contributed by atoms with Gasteiger partial charge >= 0.3 is 0 Å². The molecular formula is C17H26FN3O3. The third kappa shape index (κ3) is 5.01. The van der Waals surface area contributed by atoms with Gasteiger partial charge in [0.25, 0.3) is 5.91 Å². The van der Waals surface area contributed by atoms with Crippen molar-refractivity contribution < 1.29 is 18.7 Å². The van der Waals surface area contributed by atoms with Crippen molar-refractivity contribution >= 4 is 11.8 Å². The Labute approximate surface area is 142 Å². The molecule has 2 amide bonds. The summed E-state index contributed by atoms with van der Waals surface area (Å²) in [5.74, 6) is -1.43. The average molecular weight is 339 g/mol. The zero-order valence-corrected chi connectivity index (χ0v) is 14.9. The second-order valence-corrected chi connectivity index (χ2v) is 6.01. The lowest BCUT2D eigenvalue weighted by Crippen LogP contribution is -2.52. The highest BCUT2D eigenvalue weighted by molar-refractivity contribution is 5.91. The maximum atomic E-state index is 14.0. The first-order valence-electron chi connectivity index (χ1n) is 7.76. The van der Waals surface area contributed by atoms with Gasteiger partial charge in [0, 0.05) is 25.8 Å². The Bertz CT molecular complexity index is 580. The fourth-order valence-corrected chi connectivity index (χ4v) is 2.13. The second kappa shape index (κ2) is 8.75. The molecule has 0 fully saturated rings. The lowest BCUT2D eigenvalue weighted by Gasteiger charge is -2.29. The Balaban J connectivity index is 2.77. The number of carbonyl (C=O) groups is 2. The summed E-state index contributed by atoms with van der Waals surface area (Å²) in [6.45, 7) is 4.20. The first-order chi connectivity index (χ1) is 11.2. The van der Waals surface area contributed by atoms with E-state index >= 15 is 0 Å². The van der Waals surface area contributed by atoms with Crippen molar-refractivity contribution in [1.82, 2.24) is 15.5 Å². The molecule has 0 saturated carbocycles. The summed E-state index contributed by atoms with van der Waals surface area (Å²) >= 11 is 0. The molecule has 2 N–H and O–H groups in total. The lowest BCUT2D eigenvalue weighted by atomic mass is 9.93. The summed E-state index contributed by atoms with van der Waals surface area (Å²) in [4.78, 5) is 26.5. The monoisotopic (exact) mass is 339 g/mol. The molecule has 1 rings (SSSR count). The van der Waals surface area contributed by atoms with Gasteiger partial charge in [0.2, 0.25) is 5.91 Å². The fourth-order valence-electron chi connectivity index (χ4n) is 2.13. The quantitative estimate of drug-likeness (QED) is 0.737. The van der Waals surface area contributed by atoms with Gasteiger partial charge in [0.1, 0.15) is 11.9 Å². The highest BCUT2D eigenvalue weighted by Crippen LogP contribution is 2.27. The van der Waals surface area contributed by atoms with Gasteiger partial charge in [-0.3, -0.25) is 9.59 Å². The Morgan fingerprint density at radius 2 is 1.96 bits per heavy atom. The summed E-state index contributed by atoms with van der Waals surface area (Å²) in [6.07, 6.45) is 0. The summed E-state index contributed by atoms with van der Waals surface area (Å²) < 4.78 is 19.3. The van der Waals surface area contributed by atoms with Crippen LogP contribution in [0, 0.1) is 5.82 Å². The molecule has 0 radical (unpaired) electrons. The van der Waals surface area contributed by atoms with Gasteiger partial charge in [-0.2, -0.15) is 0 Å². The van der Waals surface area contributed by atoms with E-state index in [4.69, 9.17) is 4.74 Å². The van der Waals surface area contributed by atoms with Crippen molar-refractivity contribution in [1.29, 1.82) is 0 Å². The van der Waals surface area contributed by atoms with E-state index in [9.17, 15) is 14.0 Å². The molecule has 0 spiro atoms. The number of ether oxygens (including phenoxy) is 1. The average Bonchev–Trinajstić information content (AvgIpc) is 2.53. The Morgan fingerprint density at radius 1 is 1.33 bits per heavy atom. The fraction of sp³-hybridized carbons (Fsp3) is 0.529. The van der Waals surface area contributed by atoms with E-state index in [0.29, 0.717) is 13.1 Å². The number of hydrogen-bond donors (Lipinski definition) is 2. The molecule has 1 aromatic carbocycles. The third-order valence-electron chi connectivity index (χ3n) is 3.83. The van der Waals surface area contributed by atoms with E-state index in [-0.39, 0.29) is 11.5 Å². The van der Waals surface area contributed by atoms with E-state index in [1.54, 1.807) is 13.0 Å².